The predicted octanol–water partition coefficient (Wildman–Crippen LogP) is 3.02. The fourth-order valence-corrected chi connectivity index (χ4v) is 3.44. The van der Waals surface area contributed by atoms with Gasteiger partial charge in [0.1, 0.15) is 30.5 Å². The van der Waals surface area contributed by atoms with Crippen molar-refractivity contribution in [1.29, 1.82) is 0 Å². The highest BCUT2D eigenvalue weighted by molar-refractivity contribution is 6.02. The van der Waals surface area contributed by atoms with Crippen molar-refractivity contribution in [3.63, 3.8) is 0 Å². The zero-order valence-electron chi connectivity index (χ0n) is 20.0. The summed E-state index contributed by atoms with van der Waals surface area (Å²) in [4.78, 5) is 31.3. The van der Waals surface area contributed by atoms with Crippen LogP contribution < -0.4 is 15.0 Å². The highest BCUT2D eigenvalue weighted by Crippen LogP contribution is 2.31. The number of hydrogen-bond acceptors (Lipinski definition) is 5. The van der Waals surface area contributed by atoms with E-state index in [2.05, 4.69) is 27.2 Å². The molecule has 1 unspecified atom stereocenters. The van der Waals surface area contributed by atoms with Crippen LogP contribution in [-0.2, 0) is 11.3 Å². The number of carbonyl (C=O) groups excluding carboxylic acids is 2. The van der Waals surface area contributed by atoms with Crippen molar-refractivity contribution in [3.8, 4) is 17.6 Å². The van der Waals surface area contributed by atoms with Gasteiger partial charge in [-0.25, -0.2) is 14.1 Å². The van der Waals surface area contributed by atoms with E-state index in [1.165, 1.54) is 22.0 Å². The Hall–Kier alpha value is -4.19. The molecule has 0 saturated carbocycles. The lowest BCUT2D eigenvalue weighted by Crippen LogP contribution is -2.49. The average Bonchev–Trinajstić information content (AvgIpc) is 3.25. The smallest absolute Gasteiger partial charge is 0.291 e. The van der Waals surface area contributed by atoms with E-state index in [-0.39, 0.29) is 36.1 Å². The SMILES string of the molecule is CN1C(=O)C(NC(=O)c2ncn(Cc3ccccc3F)n2)COc2ccc(C#CC(C)(C)C)cc21. The maximum Gasteiger partial charge on any atom is 0.291 e. The Bertz CT molecular complexity index is 1330. The number of aromatic nitrogens is 3. The summed E-state index contributed by atoms with van der Waals surface area (Å²) in [6.45, 7) is 6.13. The quantitative estimate of drug-likeness (QED) is 0.586. The van der Waals surface area contributed by atoms with Gasteiger partial charge in [-0.3, -0.25) is 9.59 Å². The monoisotopic (exact) mass is 475 g/mol. The number of carbonyl (C=O) groups is 2. The first-order valence-electron chi connectivity index (χ1n) is 11.1. The molecule has 180 valence electrons. The number of rotatable bonds is 4. The first-order chi connectivity index (χ1) is 16.6. The molecule has 3 aromatic rings. The van der Waals surface area contributed by atoms with Gasteiger partial charge in [-0.05, 0) is 45.0 Å². The molecule has 0 spiro atoms. The van der Waals surface area contributed by atoms with Crippen molar-refractivity contribution in [2.75, 3.05) is 18.6 Å². The van der Waals surface area contributed by atoms with E-state index in [1.54, 1.807) is 37.4 Å². The number of ether oxygens (including phenoxy) is 1. The number of nitrogens with one attached hydrogen (secondary N) is 1. The maximum absolute atomic E-state index is 13.9. The van der Waals surface area contributed by atoms with Crippen molar-refractivity contribution >= 4 is 17.5 Å². The highest BCUT2D eigenvalue weighted by atomic mass is 19.1. The van der Waals surface area contributed by atoms with Gasteiger partial charge in [-0.1, -0.05) is 30.0 Å². The third kappa shape index (κ3) is 5.66. The molecule has 2 heterocycles. The van der Waals surface area contributed by atoms with Crippen molar-refractivity contribution in [2.45, 2.75) is 33.4 Å². The van der Waals surface area contributed by atoms with Crippen LogP contribution in [-0.4, -0.2) is 46.3 Å². The van der Waals surface area contributed by atoms with E-state index in [0.29, 0.717) is 17.0 Å². The third-order valence-electron chi connectivity index (χ3n) is 5.27. The van der Waals surface area contributed by atoms with Gasteiger partial charge in [0.05, 0.1) is 12.2 Å². The van der Waals surface area contributed by atoms with Crippen LogP contribution in [0.3, 0.4) is 0 Å². The first kappa shape index (κ1) is 24.0. The largest absolute Gasteiger partial charge is 0.489 e. The van der Waals surface area contributed by atoms with Crippen molar-refractivity contribution in [3.05, 3.63) is 71.6 Å². The minimum Gasteiger partial charge on any atom is -0.489 e. The number of anilines is 1. The number of nitrogens with zero attached hydrogens (tertiary/aromatic N) is 4. The molecule has 2 aromatic carbocycles. The second-order valence-electron chi connectivity index (χ2n) is 9.27. The van der Waals surface area contributed by atoms with Gasteiger partial charge < -0.3 is 15.0 Å². The molecule has 35 heavy (non-hydrogen) atoms. The number of amides is 2. The van der Waals surface area contributed by atoms with Gasteiger partial charge >= 0.3 is 0 Å². The minimum absolute atomic E-state index is 0.0507. The highest BCUT2D eigenvalue weighted by Gasteiger charge is 2.31. The first-order valence-corrected chi connectivity index (χ1v) is 11.1. The van der Waals surface area contributed by atoms with Crippen LogP contribution in [0.2, 0.25) is 0 Å². The van der Waals surface area contributed by atoms with Crippen LogP contribution in [0.1, 0.15) is 42.5 Å². The van der Waals surface area contributed by atoms with Gasteiger partial charge in [-0.2, -0.15) is 0 Å². The topological polar surface area (TPSA) is 89.4 Å². The summed E-state index contributed by atoms with van der Waals surface area (Å²) in [6, 6.07) is 10.8. The summed E-state index contributed by atoms with van der Waals surface area (Å²) in [6.07, 6.45) is 1.34. The summed E-state index contributed by atoms with van der Waals surface area (Å²) in [5.74, 6) is 5.34. The Balaban J connectivity index is 1.46. The Morgan fingerprint density at radius 2 is 2.03 bits per heavy atom. The molecule has 2 amide bonds. The molecule has 1 aliphatic rings. The molecular weight excluding hydrogens is 449 g/mol. The maximum atomic E-state index is 13.9. The Morgan fingerprint density at radius 1 is 1.26 bits per heavy atom. The lowest BCUT2D eigenvalue weighted by atomic mass is 9.97. The number of halogens is 1. The summed E-state index contributed by atoms with van der Waals surface area (Å²) < 4.78 is 21.1. The van der Waals surface area contributed by atoms with Crippen molar-refractivity contribution in [1.82, 2.24) is 20.1 Å². The number of fused-ring (bicyclic) bond motifs is 1. The van der Waals surface area contributed by atoms with E-state index in [0.717, 1.165) is 5.56 Å². The standard InChI is InChI=1S/C26H26FN5O3/c1-26(2,3)12-11-17-9-10-22-21(13-17)31(4)25(34)20(15-35-22)29-24(33)23-28-16-32(30-23)14-18-7-5-6-8-19(18)27/h5-10,13,16,20H,14-15H2,1-4H3,(H,29,33). The van der Waals surface area contributed by atoms with E-state index < -0.39 is 11.9 Å². The van der Waals surface area contributed by atoms with E-state index >= 15 is 0 Å². The summed E-state index contributed by atoms with van der Waals surface area (Å²) >= 11 is 0. The van der Waals surface area contributed by atoms with Gasteiger partial charge in [0.25, 0.3) is 11.8 Å². The van der Waals surface area contributed by atoms with E-state index in [4.69, 9.17) is 4.74 Å². The minimum atomic E-state index is -0.942. The molecule has 9 heteroatoms. The molecule has 0 aliphatic carbocycles. The lowest BCUT2D eigenvalue weighted by Gasteiger charge is -2.20. The summed E-state index contributed by atoms with van der Waals surface area (Å²) in [5, 5.41) is 6.76. The second-order valence-corrected chi connectivity index (χ2v) is 9.27. The zero-order valence-corrected chi connectivity index (χ0v) is 20.0. The summed E-state index contributed by atoms with van der Waals surface area (Å²) in [5.41, 5.74) is 1.59. The Morgan fingerprint density at radius 3 is 2.77 bits per heavy atom. The van der Waals surface area contributed by atoms with Crippen LogP contribution in [0, 0.1) is 23.1 Å². The van der Waals surface area contributed by atoms with Gasteiger partial charge in [-0.15, -0.1) is 5.10 Å². The van der Waals surface area contributed by atoms with Crippen LogP contribution in [0.4, 0.5) is 10.1 Å². The molecule has 0 radical (unpaired) electrons. The van der Waals surface area contributed by atoms with Gasteiger partial charge in [0, 0.05) is 23.6 Å². The van der Waals surface area contributed by atoms with Gasteiger partial charge in [0.15, 0.2) is 0 Å². The Labute approximate surface area is 203 Å². The molecule has 1 aromatic heterocycles. The molecule has 0 fully saturated rings. The normalized spacial score (nSPS) is 15.4. The number of hydrogen-bond donors (Lipinski definition) is 1. The van der Waals surface area contributed by atoms with Gasteiger partial charge in [0.2, 0.25) is 5.82 Å². The van der Waals surface area contributed by atoms with Crippen molar-refractivity contribution in [2.24, 2.45) is 5.41 Å². The van der Waals surface area contributed by atoms with Crippen LogP contribution in [0.15, 0.2) is 48.8 Å². The fourth-order valence-electron chi connectivity index (χ4n) is 3.44. The third-order valence-corrected chi connectivity index (χ3v) is 5.27. The van der Waals surface area contributed by atoms with Crippen LogP contribution in [0.5, 0.6) is 5.75 Å². The zero-order chi connectivity index (χ0) is 25.2. The van der Waals surface area contributed by atoms with Crippen LogP contribution >= 0.6 is 0 Å². The fraction of sp³-hybridized carbons (Fsp3) is 0.308. The Kier molecular flexibility index (Phi) is 6.56. The number of likely N-dealkylation sites (N-methyl/N-ethyl adjacent to an activating group) is 1. The lowest BCUT2D eigenvalue weighted by molar-refractivity contribution is -0.120. The molecule has 8 nitrogen and oxygen atoms in total. The average molecular weight is 476 g/mol. The molecule has 0 bridgehead atoms. The molecular formula is C26H26FN5O3. The van der Waals surface area contributed by atoms with Crippen LogP contribution in [0.25, 0.3) is 0 Å². The van der Waals surface area contributed by atoms with Crippen molar-refractivity contribution < 1.29 is 18.7 Å². The van der Waals surface area contributed by atoms with E-state index in [9.17, 15) is 14.0 Å². The molecule has 1 N–H and O–H groups in total. The second kappa shape index (κ2) is 9.58. The number of benzene rings is 2. The predicted molar refractivity (Wildman–Crippen MR) is 128 cm³/mol. The molecule has 0 saturated heterocycles. The summed E-state index contributed by atoms with van der Waals surface area (Å²) in [7, 11) is 1.62. The molecule has 1 atom stereocenters. The van der Waals surface area contributed by atoms with E-state index in [1.807, 2.05) is 26.8 Å². The molecule has 4 rings (SSSR count). The molecule has 1 aliphatic heterocycles.